The van der Waals surface area contributed by atoms with E-state index in [9.17, 15) is 9.59 Å². The van der Waals surface area contributed by atoms with Gasteiger partial charge in [-0.2, -0.15) is 19.6 Å². The Kier molecular flexibility index (Phi) is 9.24. The van der Waals surface area contributed by atoms with Crippen LogP contribution in [0, 0.1) is 5.92 Å². The van der Waals surface area contributed by atoms with Crippen molar-refractivity contribution in [2.45, 2.75) is 90.4 Å². The third-order valence-corrected chi connectivity index (χ3v) is 8.06. The summed E-state index contributed by atoms with van der Waals surface area (Å²) in [5.41, 5.74) is 1.34. The lowest BCUT2D eigenvalue weighted by molar-refractivity contribution is 0.0232. The first-order valence-electron chi connectivity index (χ1n) is 15.3. The van der Waals surface area contributed by atoms with Crippen LogP contribution in [0.1, 0.15) is 78.2 Å². The lowest BCUT2D eigenvalue weighted by Crippen LogP contribution is -2.42. The topological polar surface area (TPSA) is 135 Å². The number of nitrogens with zero attached hydrogens (tertiary/aromatic N) is 6. The van der Waals surface area contributed by atoms with Crippen molar-refractivity contribution in [1.82, 2.24) is 29.4 Å². The summed E-state index contributed by atoms with van der Waals surface area (Å²) in [5.74, 6) is 1.93. The molecule has 5 rings (SSSR count). The summed E-state index contributed by atoms with van der Waals surface area (Å²) in [6, 6.07) is 0.285. The quantitative estimate of drug-likeness (QED) is 0.488. The minimum Gasteiger partial charge on any atom is -0.444 e. The molecule has 1 unspecified atom stereocenters. The lowest BCUT2D eigenvalue weighted by atomic mass is 9.97. The van der Waals surface area contributed by atoms with Gasteiger partial charge in [0.15, 0.2) is 5.65 Å². The van der Waals surface area contributed by atoms with E-state index < -0.39 is 5.60 Å². The van der Waals surface area contributed by atoms with Crippen molar-refractivity contribution in [2.75, 3.05) is 56.6 Å². The number of nitrogens with one attached hydrogen (secondary N) is 2. The van der Waals surface area contributed by atoms with E-state index in [4.69, 9.17) is 24.2 Å². The first kappa shape index (κ1) is 30.1. The molecule has 0 bridgehead atoms. The average Bonchev–Trinajstić information content (AvgIpc) is 3.59. The highest BCUT2D eigenvalue weighted by Gasteiger charge is 2.33. The smallest absolute Gasteiger partial charge is 0.410 e. The van der Waals surface area contributed by atoms with E-state index in [1.807, 2.05) is 27.0 Å². The number of rotatable bonds is 7. The van der Waals surface area contributed by atoms with Gasteiger partial charge in [0.25, 0.3) is 0 Å². The molecule has 0 saturated carbocycles. The lowest BCUT2D eigenvalue weighted by Gasteiger charge is -2.32. The SMILES string of the molecule is CC(C)c1cnn2c(NCC3CCN(C(=O)OC4CCN(C(=O)OC(C)(C)C)C4)CC3)nc(NC3CCOCC3)nc12. The maximum Gasteiger partial charge on any atom is 0.410 e. The molecule has 13 nitrogen and oxygen atoms in total. The maximum atomic E-state index is 12.9. The van der Waals surface area contributed by atoms with E-state index in [0.29, 0.717) is 50.4 Å². The van der Waals surface area contributed by atoms with Gasteiger partial charge in [-0.05, 0) is 58.3 Å². The number of hydrogen-bond acceptors (Lipinski definition) is 10. The Bertz CT molecular complexity index is 1230. The molecule has 2 aromatic rings. The number of fused-ring (bicyclic) bond motifs is 1. The van der Waals surface area contributed by atoms with Gasteiger partial charge < -0.3 is 34.6 Å². The first-order valence-corrected chi connectivity index (χ1v) is 15.3. The molecule has 2 amide bonds. The minimum absolute atomic E-state index is 0.285. The van der Waals surface area contributed by atoms with Crippen LogP contribution in [0.15, 0.2) is 6.20 Å². The normalized spacial score (nSPS) is 20.8. The molecule has 232 valence electrons. The second-order valence-electron chi connectivity index (χ2n) is 12.9. The summed E-state index contributed by atoms with van der Waals surface area (Å²) in [7, 11) is 0. The number of hydrogen-bond donors (Lipinski definition) is 2. The molecular weight excluding hydrogens is 540 g/mol. The van der Waals surface area contributed by atoms with Crippen LogP contribution in [-0.4, -0.2) is 105 Å². The van der Waals surface area contributed by atoms with Gasteiger partial charge in [-0.3, -0.25) is 0 Å². The Hall–Kier alpha value is -3.35. The summed E-state index contributed by atoms with van der Waals surface area (Å²) in [5, 5.41) is 11.6. The molecule has 1 atom stereocenters. The molecule has 13 heteroatoms. The van der Waals surface area contributed by atoms with Crippen LogP contribution >= 0.6 is 0 Å². The molecule has 2 N–H and O–H groups in total. The van der Waals surface area contributed by atoms with Crippen LogP contribution in [0.5, 0.6) is 0 Å². The number of aromatic nitrogens is 4. The number of likely N-dealkylation sites (tertiary alicyclic amines) is 2. The van der Waals surface area contributed by atoms with Crippen LogP contribution in [-0.2, 0) is 14.2 Å². The third kappa shape index (κ3) is 7.53. The molecule has 42 heavy (non-hydrogen) atoms. The van der Waals surface area contributed by atoms with Crippen molar-refractivity contribution in [1.29, 1.82) is 0 Å². The van der Waals surface area contributed by atoms with Gasteiger partial charge >= 0.3 is 12.2 Å². The number of amides is 2. The van der Waals surface area contributed by atoms with Crippen molar-refractivity contribution >= 4 is 29.7 Å². The van der Waals surface area contributed by atoms with E-state index in [1.54, 1.807) is 14.3 Å². The van der Waals surface area contributed by atoms with Gasteiger partial charge in [0.1, 0.15) is 11.7 Å². The van der Waals surface area contributed by atoms with Crippen LogP contribution in [0.2, 0.25) is 0 Å². The Labute approximate surface area is 247 Å². The summed E-state index contributed by atoms with van der Waals surface area (Å²) in [4.78, 5) is 38.2. The fourth-order valence-corrected chi connectivity index (χ4v) is 5.59. The minimum atomic E-state index is -0.552. The van der Waals surface area contributed by atoms with Crippen LogP contribution in [0.3, 0.4) is 0 Å². The molecule has 3 aliphatic rings. The number of carbonyl (C=O) groups is 2. The number of carbonyl (C=O) groups excluding carboxylic acids is 2. The number of piperidine rings is 1. The predicted molar refractivity (Wildman–Crippen MR) is 158 cm³/mol. The third-order valence-electron chi connectivity index (χ3n) is 8.06. The largest absolute Gasteiger partial charge is 0.444 e. The van der Waals surface area contributed by atoms with Gasteiger partial charge in [0, 0.05) is 57.4 Å². The van der Waals surface area contributed by atoms with E-state index >= 15 is 0 Å². The highest BCUT2D eigenvalue weighted by atomic mass is 16.6. The van der Waals surface area contributed by atoms with Gasteiger partial charge in [-0.25, -0.2) is 9.59 Å². The van der Waals surface area contributed by atoms with Crippen molar-refractivity contribution in [2.24, 2.45) is 5.92 Å². The number of anilines is 2. The maximum absolute atomic E-state index is 12.9. The van der Waals surface area contributed by atoms with E-state index in [2.05, 4.69) is 29.6 Å². The molecule has 3 saturated heterocycles. The molecule has 0 spiro atoms. The van der Waals surface area contributed by atoms with Crippen LogP contribution in [0.4, 0.5) is 21.5 Å². The van der Waals surface area contributed by atoms with E-state index in [-0.39, 0.29) is 30.3 Å². The van der Waals surface area contributed by atoms with Crippen molar-refractivity contribution in [3.8, 4) is 0 Å². The summed E-state index contributed by atoms with van der Waals surface area (Å²) < 4.78 is 18.5. The molecular formula is C29H46N8O5. The van der Waals surface area contributed by atoms with Crippen LogP contribution in [0.25, 0.3) is 5.65 Å². The monoisotopic (exact) mass is 586 g/mol. The summed E-state index contributed by atoms with van der Waals surface area (Å²) in [6.07, 6.45) is 5.08. The molecule has 5 heterocycles. The van der Waals surface area contributed by atoms with E-state index in [0.717, 1.165) is 56.7 Å². The molecule has 0 aliphatic carbocycles. The van der Waals surface area contributed by atoms with Gasteiger partial charge in [-0.15, -0.1) is 0 Å². The van der Waals surface area contributed by atoms with Crippen molar-refractivity contribution in [3.05, 3.63) is 11.8 Å². The zero-order valence-electron chi connectivity index (χ0n) is 25.6. The van der Waals surface area contributed by atoms with Gasteiger partial charge in [0.05, 0.1) is 12.7 Å². The first-order chi connectivity index (χ1) is 20.1. The van der Waals surface area contributed by atoms with Crippen LogP contribution < -0.4 is 10.6 Å². The Morgan fingerprint density at radius 3 is 2.43 bits per heavy atom. The summed E-state index contributed by atoms with van der Waals surface area (Å²) >= 11 is 0. The van der Waals surface area contributed by atoms with E-state index in [1.165, 1.54) is 0 Å². The molecule has 0 radical (unpaired) electrons. The van der Waals surface area contributed by atoms with Gasteiger partial charge in [-0.1, -0.05) is 13.8 Å². The average molecular weight is 587 g/mol. The fourth-order valence-electron chi connectivity index (χ4n) is 5.59. The summed E-state index contributed by atoms with van der Waals surface area (Å²) in [6.45, 7) is 14.2. The standard InChI is InChI=1S/C29H46N8O5/c1-19(2)23-17-31-37-24(23)33-25(32-21-9-14-40-15-10-21)34-26(37)30-16-20-6-11-35(12-7-20)27(38)41-22-8-13-36(18-22)28(39)42-29(3,4)5/h17,19-22H,6-16,18H2,1-5H3,(H2,30,32,33,34). The highest BCUT2D eigenvalue weighted by Crippen LogP contribution is 2.25. The predicted octanol–water partition coefficient (Wildman–Crippen LogP) is 4.11. The fraction of sp³-hybridized carbons (Fsp3) is 0.759. The second kappa shape index (κ2) is 12.9. The Balaban J connectivity index is 1.13. The molecule has 3 fully saturated rings. The highest BCUT2D eigenvalue weighted by molar-refractivity contribution is 5.70. The van der Waals surface area contributed by atoms with Crippen molar-refractivity contribution < 1.29 is 23.8 Å². The molecule has 2 aromatic heterocycles. The number of ether oxygens (including phenoxy) is 3. The van der Waals surface area contributed by atoms with Crippen molar-refractivity contribution in [3.63, 3.8) is 0 Å². The Morgan fingerprint density at radius 2 is 1.74 bits per heavy atom. The molecule has 3 aliphatic heterocycles. The Morgan fingerprint density at radius 1 is 1.02 bits per heavy atom. The zero-order chi connectivity index (χ0) is 29.9. The zero-order valence-corrected chi connectivity index (χ0v) is 25.6. The second-order valence-corrected chi connectivity index (χ2v) is 12.9. The molecule has 0 aromatic carbocycles. The van der Waals surface area contributed by atoms with Gasteiger partial charge in [0.2, 0.25) is 11.9 Å².